The van der Waals surface area contributed by atoms with E-state index in [2.05, 4.69) is 20.1 Å². The summed E-state index contributed by atoms with van der Waals surface area (Å²) < 4.78 is 65.0. The molecule has 0 spiro atoms. The van der Waals surface area contributed by atoms with Crippen molar-refractivity contribution in [3.05, 3.63) is 28.6 Å². The monoisotopic (exact) mass is 401 g/mol. The molecule has 3 heterocycles. The molecule has 0 unspecified atom stereocenters. The smallest absolute Gasteiger partial charge is 0.411 e. The second-order valence-corrected chi connectivity index (χ2v) is 8.06. The van der Waals surface area contributed by atoms with Crippen LogP contribution in [0, 0.1) is 0 Å². The predicted octanol–water partition coefficient (Wildman–Crippen LogP) is 2.40. The fraction of sp³-hybridized carbons (Fsp3) is 0.333. The number of aromatic nitrogens is 3. The van der Waals surface area contributed by atoms with Gasteiger partial charge in [-0.1, -0.05) is 12.1 Å². The summed E-state index contributed by atoms with van der Waals surface area (Å²) in [5, 5.41) is 11.9. The van der Waals surface area contributed by atoms with Crippen LogP contribution in [0.25, 0.3) is 16.9 Å². The first-order valence-corrected chi connectivity index (χ1v) is 9.34. The summed E-state index contributed by atoms with van der Waals surface area (Å²) in [4.78, 5) is 11.8. The quantitative estimate of drug-likeness (QED) is 0.627. The maximum atomic E-state index is 12.9. The van der Waals surface area contributed by atoms with E-state index < -0.39 is 21.6 Å². The lowest BCUT2D eigenvalue weighted by Crippen LogP contribution is -2.18. The topological polar surface area (TPSA) is 110 Å². The first-order chi connectivity index (χ1) is 12.6. The van der Waals surface area contributed by atoms with Crippen LogP contribution in [0.5, 0.6) is 0 Å². The van der Waals surface area contributed by atoms with Crippen LogP contribution in [-0.2, 0) is 23.1 Å². The molecular weight excluding hydrogens is 387 g/mol. The van der Waals surface area contributed by atoms with E-state index in [-0.39, 0.29) is 45.5 Å². The van der Waals surface area contributed by atoms with Gasteiger partial charge in [0.2, 0.25) is 0 Å². The molecule has 1 aliphatic rings. The van der Waals surface area contributed by atoms with Crippen LogP contribution in [0.2, 0.25) is 0 Å². The SMILES string of the molecule is CCS(=O)(=O)C1=C(c2nc3cc(C(F)(F)F)cnc3n2C)N=CC(=NO)C1. The van der Waals surface area contributed by atoms with E-state index in [1.807, 2.05) is 0 Å². The Morgan fingerprint density at radius 2 is 2.07 bits per heavy atom. The minimum atomic E-state index is -4.58. The van der Waals surface area contributed by atoms with Gasteiger partial charge in [-0.2, -0.15) is 13.2 Å². The second-order valence-electron chi connectivity index (χ2n) is 5.76. The van der Waals surface area contributed by atoms with E-state index >= 15 is 0 Å². The molecule has 27 heavy (non-hydrogen) atoms. The number of pyridine rings is 1. The van der Waals surface area contributed by atoms with E-state index in [4.69, 9.17) is 5.21 Å². The summed E-state index contributed by atoms with van der Waals surface area (Å²) in [5.41, 5.74) is -0.826. The Morgan fingerprint density at radius 3 is 2.67 bits per heavy atom. The molecule has 1 aliphatic heterocycles. The number of fused-ring (bicyclic) bond motifs is 1. The Morgan fingerprint density at radius 1 is 1.37 bits per heavy atom. The molecule has 1 N–H and O–H groups in total. The molecule has 2 aromatic rings. The lowest BCUT2D eigenvalue weighted by Gasteiger charge is -2.15. The average Bonchev–Trinajstić information content (AvgIpc) is 2.96. The molecule has 0 bridgehead atoms. The van der Waals surface area contributed by atoms with E-state index in [1.165, 1.54) is 24.8 Å². The average molecular weight is 401 g/mol. The number of alkyl halides is 3. The van der Waals surface area contributed by atoms with Gasteiger partial charge in [0.25, 0.3) is 0 Å². The molecule has 0 saturated heterocycles. The molecule has 0 amide bonds. The molecule has 12 heteroatoms. The van der Waals surface area contributed by atoms with Gasteiger partial charge in [0.15, 0.2) is 21.3 Å². The van der Waals surface area contributed by atoms with Crippen molar-refractivity contribution in [2.45, 2.75) is 19.5 Å². The van der Waals surface area contributed by atoms with Crippen LogP contribution < -0.4 is 0 Å². The van der Waals surface area contributed by atoms with Gasteiger partial charge < -0.3 is 9.77 Å². The van der Waals surface area contributed by atoms with Gasteiger partial charge in [-0.25, -0.2) is 23.4 Å². The molecule has 3 rings (SSSR count). The number of allylic oxidation sites excluding steroid dienone is 1. The van der Waals surface area contributed by atoms with Gasteiger partial charge >= 0.3 is 6.18 Å². The standard InChI is InChI=1S/C15H14F3N5O3S/c1-3-27(25,26)11-5-9(22-24)7-19-12(11)14-21-10-4-8(15(16,17)18)6-20-13(10)23(14)2/h4,6-7,24H,3,5H2,1-2H3. The van der Waals surface area contributed by atoms with E-state index in [0.717, 1.165) is 6.07 Å². The number of hydrogen-bond acceptors (Lipinski definition) is 7. The number of rotatable bonds is 3. The predicted molar refractivity (Wildman–Crippen MR) is 92.2 cm³/mol. The maximum Gasteiger partial charge on any atom is 0.417 e. The van der Waals surface area contributed by atoms with Gasteiger partial charge in [-0.05, 0) is 6.07 Å². The third-order valence-corrected chi connectivity index (χ3v) is 5.93. The van der Waals surface area contributed by atoms with Crippen LogP contribution in [0.1, 0.15) is 24.7 Å². The van der Waals surface area contributed by atoms with Gasteiger partial charge in [-0.15, -0.1) is 0 Å². The van der Waals surface area contributed by atoms with E-state index in [0.29, 0.717) is 6.20 Å². The fourth-order valence-corrected chi connectivity index (χ4v) is 3.78. The van der Waals surface area contributed by atoms with Crippen molar-refractivity contribution in [1.82, 2.24) is 14.5 Å². The molecule has 144 valence electrons. The van der Waals surface area contributed by atoms with E-state index in [9.17, 15) is 21.6 Å². The molecular formula is C15H14F3N5O3S. The van der Waals surface area contributed by atoms with Crippen LogP contribution in [0.15, 0.2) is 27.3 Å². The van der Waals surface area contributed by atoms with Crippen molar-refractivity contribution < 1.29 is 26.8 Å². The first-order valence-electron chi connectivity index (χ1n) is 7.69. The van der Waals surface area contributed by atoms with Gasteiger partial charge in [0, 0.05) is 19.7 Å². The molecule has 0 aliphatic carbocycles. The first kappa shape index (κ1) is 19.0. The Hall–Kier alpha value is -2.76. The molecule has 2 aromatic heterocycles. The molecule has 0 atom stereocenters. The van der Waals surface area contributed by atoms with E-state index in [1.54, 1.807) is 0 Å². The zero-order chi connectivity index (χ0) is 20.0. The van der Waals surface area contributed by atoms with Crippen molar-refractivity contribution in [2.24, 2.45) is 17.2 Å². The van der Waals surface area contributed by atoms with Gasteiger partial charge in [0.1, 0.15) is 16.9 Å². The Labute approximate surface area is 151 Å². The van der Waals surface area contributed by atoms with Crippen molar-refractivity contribution in [2.75, 3.05) is 5.75 Å². The Kier molecular flexibility index (Phi) is 4.54. The minimum Gasteiger partial charge on any atom is -0.411 e. The lowest BCUT2D eigenvalue weighted by molar-refractivity contribution is -0.137. The number of aryl methyl sites for hydroxylation is 1. The number of halogens is 3. The van der Waals surface area contributed by atoms with Gasteiger partial charge in [-0.3, -0.25) is 0 Å². The fourth-order valence-electron chi connectivity index (χ4n) is 2.62. The number of sulfone groups is 1. The summed E-state index contributed by atoms with van der Waals surface area (Å²) in [6.07, 6.45) is -2.91. The highest BCUT2D eigenvalue weighted by Crippen LogP contribution is 2.33. The number of aliphatic imine (C=N–C) groups is 1. The molecule has 0 radical (unpaired) electrons. The molecule has 0 aromatic carbocycles. The van der Waals surface area contributed by atoms with Crippen molar-refractivity contribution in [3.8, 4) is 0 Å². The number of hydrogen-bond donors (Lipinski definition) is 1. The molecule has 8 nitrogen and oxygen atoms in total. The molecule has 0 fully saturated rings. The summed E-state index contributed by atoms with van der Waals surface area (Å²) >= 11 is 0. The zero-order valence-corrected chi connectivity index (χ0v) is 15.0. The zero-order valence-electron chi connectivity index (χ0n) is 14.2. The Bertz CT molecular complexity index is 1110. The maximum absolute atomic E-state index is 12.9. The highest BCUT2D eigenvalue weighted by molar-refractivity contribution is 7.95. The normalized spacial score (nSPS) is 17.3. The third kappa shape index (κ3) is 3.31. The minimum absolute atomic E-state index is 0.0155. The van der Waals surface area contributed by atoms with Crippen LogP contribution >= 0.6 is 0 Å². The largest absolute Gasteiger partial charge is 0.417 e. The van der Waals surface area contributed by atoms with Crippen LogP contribution in [-0.4, -0.2) is 45.8 Å². The summed E-state index contributed by atoms with van der Waals surface area (Å²) in [6.45, 7) is 1.44. The van der Waals surface area contributed by atoms with Crippen LogP contribution in [0.4, 0.5) is 13.2 Å². The highest BCUT2D eigenvalue weighted by Gasteiger charge is 2.33. The summed E-state index contributed by atoms with van der Waals surface area (Å²) in [5.74, 6) is -0.169. The number of imidazole rings is 1. The highest BCUT2D eigenvalue weighted by atomic mass is 32.2. The van der Waals surface area contributed by atoms with Crippen LogP contribution in [0.3, 0.4) is 0 Å². The Balaban J connectivity index is 2.26. The van der Waals surface area contributed by atoms with Crippen molar-refractivity contribution in [3.63, 3.8) is 0 Å². The van der Waals surface area contributed by atoms with Gasteiger partial charge in [0.05, 0.1) is 22.4 Å². The second kappa shape index (κ2) is 6.44. The number of nitrogens with zero attached hydrogens (tertiary/aromatic N) is 5. The summed E-state index contributed by atoms with van der Waals surface area (Å²) in [7, 11) is -2.23. The summed E-state index contributed by atoms with van der Waals surface area (Å²) in [6, 6.07) is 0.841. The third-order valence-electron chi connectivity index (χ3n) is 4.08. The lowest BCUT2D eigenvalue weighted by atomic mass is 10.2. The number of oxime groups is 1. The van der Waals surface area contributed by atoms with Crippen molar-refractivity contribution >= 4 is 38.6 Å². The van der Waals surface area contributed by atoms with Crippen molar-refractivity contribution in [1.29, 1.82) is 0 Å². The molecule has 0 saturated carbocycles.